The molecule has 8 heteroatoms. The van der Waals surface area contributed by atoms with E-state index in [0.717, 1.165) is 6.07 Å². The summed E-state index contributed by atoms with van der Waals surface area (Å²) in [5.74, 6) is -1.96. The van der Waals surface area contributed by atoms with E-state index in [4.69, 9.17) is 0 Å². The Kier molecular flexibility index (Phi) is 3.84. The second kappa shape index (κ2) is 4.77. The molecule has 16 heavy (non-hydrogen) atoms. The van der Waals surface area contributed by atoms with Crippen molar-refractivity contribution in [3.8, 4) is 5.88 Å². The zero-order chi connectivity index (χ0) is 12.3. The third-order valence-corrected chi connectivity index (χ3v) is 2.08. The third kappa shape index (κ3) is 3.16. The van der Waals surface area contributed by atoms with Gasteiger partial charge in [-0.3, -0.25) is 4.79 Å². The number of pyridine rings is 1. The largest absolute Gasteiger partial charge is 0.574 e. The quantitative estimate of drug-likeness (QED) is 0.489. The van der Waals surface area contributed by atoms with Gasteiger partial charge in [-0.2, -0.15) is 0 Å². The van der Waals surface area contributed by atoms with E-state index in [1.165, 1.54) is 0 Å². The Morgan fingerprint density at radius 2 is 2.12 bits per heavy atom. The lowest BCUT2D eigenvalue weighted by Crippen LogP contribution is -2.19. The molecule has 0 aromatic carbocycles. The standard InChI is InChI=1S/C8H4BrF4NO2/c9-2-5-6(10)1-4(3-15)14-7(5)16-8(11,12)13/h1,3H,2H2. The average molecular weight is 302 g/mol. The van der Waals surface area contributed by atoms with E-state index < -0.39 is 29.3 Å². The van der Waals surface area contributed by atoms with Gasteiger partial charge in [0.25, 0.3) is 0 Å². The van der Waals surface area contributed by atoms with Crippen molar-refractivity contribution in [3.05, 3.63) is 23.1 Å². The van der Waals surface area contributed by atoms with E-state index >= 15 is 0 Å². The first kappa shape index (κ1) is 12.9. The molecule has 0 atom stereocenters. The molecule has 0 aliphatic heterocycles. The van der Waals surface area contributed by atoms with Gasteiger partial charge < -0.3 is 4.74 Å². The second-order valence-corrected chi connectivity index (χ2v) is 3.17. The lowest BCUT2D eigenvalue weighted by Gasteiger charge is -2.11. The lowest BCUT2D eigenvalue weighted by molar-refractivity contribution is -0.276. The molecule has 1 aromatic rings. The Hall–Kier alpha value is -1.18. The molecule has 3 nitrogen and oxygen atoms in total. The minimum atomic E-state index is -4.99. The molecular formula is C8H4BrF4NO2. The summed E-state index contributed by atoms with van der Waals surface area (Å²) in [6, 6.07) is 0.729. The van der Waals surface area contributed by atoms with Crippen LogP contribution in [-0.2, 0) is 5.33 Å². The molecule has 0 spiro atoms. The summed E-state index contributed by atoms with van der Waals surface area (Å²) in [4.78, 5) is 13.5. The van der Waals surface area contributed by atoms with Gasteiger partial charge in [-0.1, -0.05) is 15.9 Å². The van der Waals surface area contributed by atoms with Gasteiger partial charge in [0.05, 0.1) is 5.56 Å². The van der Waals surface area contributed by atoms with E-state index in [1.807, 2.05) is 0 Å². The van der Waals surface area contributed by atoms with Crippen molar-refractivity contribution in [3.63, 3.8) is 0 Å². The minimum absolute atomic E-state index is 0.129. The Labute approximate surface area is 95.6 Å². The van der Waals surface area contributed by atoms with Gasteiger partial charge in [-0.25, -0.2) is 9.37 Å². The number of aldehydes is 1. The van der Waals surface area contributed by atoms with Crippen LogP contribution in [0.4, 0.5) is 17.6 Å². The number of rotatable bonds is 3. The average Bonchev–Trinajstić information content (AvgIpc) is 2.14. The number of hydrogen-bond donors (Lipinski definition) is 0. The molecule has 1 heterocycles. The van der Waals surface area contributed by atoms with Crippen LogP contribution in [0.5, 0.6) is 5.88 Å². The van der Waals surface area contributed by atoms with Crippen molar-refractivity contribution in [2.75, 3.05) is 0 Å². The fourth-order valence-corrected chi connectivity index (χ4v) is 1.42. The number of aromatic nitrogens is 1. The molecule has 0 amide bonds. The number of ether oxygens (including phenoxy) is 1. The molecule has 88 valence electrons. The van der Waals surface area contributed by atoms with E-state index in [2.05, 4.69) is 25.7 Å². The molecule has 0 unspecified atom stereocenters. The Morgan fingerprint density at radius 3 is 2.56 bits per heavy atom. The van der Waals surface area contributed by atoms with Crippen molar-refractivity contribution in [1.29, 1.82) is 0 Å². The van der Waals surface area contributed by atoms with E-state index in [1.54, 1.807) is 0 Å². The highest BCUT2D eigenvalue weighted by Gasteiger charge is 2.33. The molecule has 0 saturated carbocycles. The van der Waals surface area contributed by atoms with Gasteiger partial charge in [-0.05, 0) is 0 Å². The first-order valence-electron chi connectivity index (χ1n) is 3.83. The number of hydrogen-bond acceptors (Lipinski definition) is 3. The normalized spacial score (nSPS) is 11.3. The van der Waals surface area contributed by atoms with E-state index in [-0.39, 0.29) is 11.6 Å². The molecule has 0 fully saturated rings. The highest BCUT2D eigenvalue weighted by Crippen LogP contribution is 2.28. The zero-order valence-corrected chi connectivity index (χ0v) is 9.10. The number of carbonyl (C=O) groups excluding carboxylic acids is 1. The molecule has 0 radical (unpaired) electrons. The van der Waals surface area contributed by atoms with Crippen molar-refractivity contribution in [2.24, 2.45) is 0 Å². The summed E-state index contributed by atoms with van der Waals surface area (Å²) in [6.45, 7) is 0. The number of carbonyl (C=O) groups is 1. The maximum Gasteiger partial charge on any atom is 0.574 e. The molecule has 1 aromatic heterocycles. The van der Waals surface area contributed by atoms with Crippen molar-refractivity contribution in [1.82, 2.24) is 4.98 Å². The minimum Gasteiger partial charge on any atom is -0.387 e. The zero-order valence-electron chi connectivity index (χ0n) is 7.52. The van der Waals surface area contributed by atoms with Crippen LogP contribution in [0.15, 0.2) is 6.07 Å². The monoisotopic (exact) mass is 301 g/mol. The summed E-state index contributed by atoms with van der Waals surface area (Å²) in [5.41, 5.74) is -0.871. The molecule has 1 rings (SSSR count). The SMILES string of the molecule is O=Cc1cc(F)c(CBr)c(OC(F)(F)F)n1. The number of nitrogens with zero attached hydrogens (tertiary/aromatic N) is 1. The Morgan fingerprint density at radius 1 is 1.50 bits per heavy atom. The highest BCUT2D eigenvalue weighted by molar-refractivity contribution is 9.08. The van der Waals surface area contributed by atoms with Crippen molar-refractivity contribution in [2.45, 2.75) is 11.7 Å². The van der Waals surface area contributed by atoms with Crippen molar-refractivity contribution < 1.29 is 27.1 Å². The van der Waals surface area contributed by atoms with Gasteiger partial charge in [0, 0.05) is 11.4 Å². The van der Waals surface area contributed by atoms with Gasteiger partial charge >= 0.3 is 6.36 Å². The topological polar surface area (TPSA) is 39.2 Å². The van der Waals surface area contributed by atoms with Crippen LogP contribution in [0, 0.1) is 5.82 Å². The first-order valence-corrected chi connectivity index (χ1v) is 4.96. The predicted molar refractivity (Wildman–Crippen MR) is 48.9 cm³/mol. The molecule has 0 bridgehead atoms. The van der Waals surface area contributed by atoms with Gasteiger partial charge in [0.1, 0.15) is 11.5 Å². The fraction of sp³-hybridized carbons (Fsp3) is 0.250. The lowest BCUT2D eigenvalue weighted by atomic mass is 10.2. The Bertz CT molecular complexity index is 408. The molecule has 0 N–H and O–H groups in total. The predicted octanol–water partition coefficient (Wildman–Crippen LogP) is 2.83. The van der Waals surface area contributed by atoms with Crippen molar-refractivity contribution >= 4 is 22.2 Å². The number of alkyl halides is 4. The van der Waals surface area contributed by atoms with Crippen LogP contribution in [0.2, 0.25) is 0 Å². The van der Waals surface area contributed by atoms with Gasteiger partial charge in [-0.15, -0.1) is 13.2 Å². The Balaban J connectivity index is 3.23. The molecule has 0 aliphatic carbocycles. The first-order chi connectivity index (χ1) is 7.37. The highest BCUT2D eigenvalue weighted by atomic mass is 79.9. The molecular weight excluding hydrogens is 298 g/mol. The van der Waals surface area contributed by atoms with Crippen LogP contribution in [0.3, 0.4) is 0 Å². The summed E-state index contributed by atoms with van der Waals surface area (Å²) in [5, 5.41) is -0.212. The van der Waals surface area contributed by atoms with Crippen LogP contribution in [0.25, 0.3) is 0 Å². The van der Waals surface area contributed by atoms with E-state index in [0.29, 0.717) is 0 Å². The maximum absolute atomic E-state index is 13.2. The number of halogens is 5. The van der Waals surface area contributed by atoms with Gasteiger partial charge in [0.15, 0.2) is 6.29 Å². The van der Waals surface area contributed by atoms with Crippen LogP contribution in [-0.4, -0.2) is 17.6 Å². The second-order valence-electron chi connectivity index (χ2n) is 2.61. The van der Waals surface area contributed by atoms with Gasteiger partial charge in [0.2, 0.25) is 5.88 Å². The third-order valence-electron chi connectivity index (χ3n) is 1.52. The van der Waals surface area contributed by atoms with Crippen LogP contribution in [0.1, 0.15) is 16.1 Å². The fourth-order valence-electron chi connectivity index (χ4n) is 0.912. The summed E-state index contributed by atoms with van der Waals surface area (Å²) in [7, 11) is 0. The maximum atomic E-state index is 13.2. The molecule has 0 aliphatic rings. The summed E-state index contributed by atoms with van der Waals surface area (Å²) in [6.07, 6.45) is -4.86. The summed E-state index contributed by atoms with van der Waals surface area (Å²) < 4.78 is 52.5. The summed E-state index contributed by atoms with van der Waals surface area (Å²) >= 11 is 2.80. The smallest absolute Gasteiger partial charge is 0.387 e. The van der Waals surface area contributed by atoms with Crippen LogP contribution >= 0.6 is 15.9 Å². The molecule has 0 saturated heterocycles. The van der Waals surface area contributed by atoms with E-state index in [9.17, 15) is 22.4 Å². The van der Waals surface area contributed by atoms with Crippen LogP contribution < -0.4 is 4.74 Å².